The van der Waals surface area contributed by atoms with Gasteiger partial charge in [0.05, 0.1) is 18.7 Å². The van der Waals surface area contributed by atoms with Crippen LogP contribution in [-0.2, 0) is 0 Å². The molecule has 0 saturated carbocycles. The van der Waals surface area contributed by atoms with Gasteiger partial charge in [0.15, 0.2) is 0 Å². The summed E-state index contributed by atoms with van der Waals surface area (Å²) >= 11 is 1.49. The van der Waals surface area contributed by atoms with Crippen LogP contribution in [0.5, 0.6) is 11.5 Å². The Morgan fingerprint density at radius 1 is 1.50 bits per heavy atom. The number of ether oxygens (including phenoxy) is 1. The van der Waals surface area contributed by atoms with Crippen LogP contribution in [0.1, 0.15) is 34.0 Å². The summed E-state index contributed by atoms with van der Waals surface area (Å²) in [5.41, 5.74) is 1.11. The molecule has 1 atom stereocenters. The average molecular weight is 292 g/mol. The molecule has 0 saturated heterocycles. The minimum atomic E-state index is -0.359. The lowest BCUT2D eigenvalue weighted by Crippen LogP contribution is -2.26. The average Bonchev–Trinajstić information content (AvgIpc) is 2.86. The molecule has 1 heterocycles. The number of amides is 1. The van der Waals surface area contributed by atoms with Gasteiger partial charge >= 0.3 is 0 Å². The van der Waals surface area contributed by atoms with E-state index in [2.05, 4.69) is 10.3 Å². The van der Waals surface area contributed by atoms with Gasteiger partial charge in [0.25, 0.3) is 5.91 Å². The van der Waals surface area contributed by atoms with E-state index < -0.39 is 0 Å². The van der Waals surface area contributed by atoms with E-state index >= 15 is 0 Å². The molecule has 0 bridgehead atoms. The van der Waals surface area contributed by atoms with E-state index in [0.29, 0.717) is 5.75 Å². The topological polar surface area (TPSA) is 71.5 Å². The number of methoxy groups -OCH3 is 1. The molecule has 0 radical (unpaired) electrons. The molecule has 0 fully saturated rings. The molecule has 0 aliphatic carbocycles. The third kappa shape index (κ3) is 3.08. The molecular weight excluding hydrogens is 276 g/mol. The van der Waals surface area contributed by atoms with E-state index in [1.807, 2.05) is 19.2 Å². The van der Waals surface area contributed by atoms with Crippen LogP contribution in [0.15, 0.2) is 23.6 Å². The summed E-state index contributed by atoms with van der Waals surface area (Å²) in [6.45, 7) is 3.76. The van der Waals surface area contributed by atoms with Gasteiger partial charge in [-0.2, -0.15) is 0 Å². The first-order valence-electron chi connectivity index (χ1n) is 6.11. The number of carbonyl (C=O) groups excluding carboxylic acids is 1. The Morgan fingerprint density at radius 3 is 2.85 bits per heavy atom. The highest BCUT2D eigenvalue weighted by atomic mass is 32.1. The molecule has 1 aromatic carbocycles. The van der Waals surface area contributed by atoms with Crippen molar-refractivity contribution >= 4 is 17.2 Å². The molecule has 0 aliphatic heterocycles. The summed E-state index contributed by atoms with van der Waals surface area (Å²) in [4.78, 5) is 16.5. The molecule has 1 aromatic heterocycles. The lowest BCUT2D eigenvalue weighted by molar-refractivity contribution is 0.0936. The standard InChI is InChI=1S/C14H16N2O3S/c1-8-7-20-14(15-8)9(2)16-13(18)11-6-10(19-3)4-5-12(11)17/h4-7,9,17H,1-3H3,(H,16,18). The predicted molar refractivity (Wildman–Crippen MR) is 77.4 cm³/mol. The normalized spacial score (nSPS) is 11.9. The molecule has 106 valence electrons. The van der Waals surface area contributed by atoms with E-state index in [1.54, 1.807) is 6.07 Å². The van der Waals surface area contributed by atoms with Crippen LogP contribution in [0.4, 0.5) is 0 Å². The van der Waals surface area contributed by atoms with Crippen molar-refractivity contribution < 1.29 is 14.6 Å². The second kappa shape index (κ2) is 5.92. The van der Waals surface area contributed by atoms with Crippen LogP contribution in [0.3, 0.4) is 0 Å². The highest BCUT2D eigenvalue weighted by Gasteiger charge is 2.17. The summed E-state index contributed by atoms with van der Waals surface area (Å²) < 4.78 is 5.05. The van der Waals surface area contributed by atoms with Crippen molar-refractivity contribution in [3.8, 4) is 11.5 Å². The van der Waals surface area contributed by atoms with Gasteiger partial charge in [-0.1, -0.05) is 0 Å². The number of nitrogens with zero attached hydrogens (tertiary/aromatic N) is 1. The first kappa shape index (κ1) is 14.3. The van der Waals surface area contributed by atoms with Crippen molar-refractivity contribution in [2.24, 2.45) is 0 Å². The molecule has 0 spiro atoms. The molecular formula is C14H16N2O3S. The van der Waals surface area contributed by atoms with Gasteiger partial charge in [-0.25, -0.2) is 4.98 Å². The fraction of sp³-hybridized carbons (Fsp3) is 0.286. The van der Waals surface area contributed by atoms with Crippen molar-refractivity contribution in [2.45, 2.75) is 19.9 Å². The summed E-state index contributed by atoms with van der Waals surface area (Å²) in [6, 6.07) is 4.32. The SMILES string of the molecule is COc1ccc(O)c(C(=O)NC(C)c2nc(C)cs2)c1. The maximum atomic E-state index is 12.2. The number of nitrogens with one attached hydrogen (secondary N) is 1. The summed E-state index contributed by atoms with van der Waals surface area (Å²) in [7, 11) is 1.51. The number of hydrogen-bond donors (Lipinski definition) is 2. The first-order chi connectivity index (χ1) is 9.51. The second-order valence-corrected chi connectivity index (χ2v) is 5.30. The van der Waals surface area contributed by atoms with Crippen molar-refractivity contribution in [2.75, 3.05) is 7.11 Å². The maximum Gasteiger partial charge on any atom is 0.255 e. The Bertz CT molecular complexity index is 625. The predicted octanol–water partition coefficient (Wildman–Crippen LogP) is 2.66. The molecule has 20 heavy (non-hydrogen) atoms. The molecule has 2 N–H and O–H groups in total. The number of carbonyl (C=O) groups is 1. The van der Waals surface area contributed by atoms with E-state index in [4.69, 9.17) is 4.74 Å². The first-order valence-corrected chi connectivity index (χ1v) is 6.99. The molecule has 5 nitrogen and oxygen atoms in total. The van der Waals surface area contributed by atoms with Crippen molar-refractivity contribution in [3.05, 3.63) is 39.8 Å². The number of aromatic hydroxyl groups is 1. The van der Waals surface area contributed by atoms with Gasteiger partial charge < -0.3 is 15.2 Å². The lowest BCUT2D eigenvalue weighted by Gasteiger charge is -2.12. The minimum Gasteiger partial charge on any atom is -0.507 e. The molecule has 1 amide bonds. The zero-order valence-corrected chi connectivity index (χ0v) is 12.3. The van der Waals surface area contributed by atoms with E-state index in [9.17, 15) is 9.90 Å². The second-order valence-electron chi connectivity index (χ2n) is 4.41. The summed E-state index contributed by atoms with van der Waals surface area (Å²) in [5.74, 6) is 0.0817. The quantitative estimate of drug-likeness (QED) is 0.908. The van der Waals surface area contributed by atoms with Gasteiger partial charge in [0.2, 0.25) is 0 Å². The fourth-order valence-electron chi connectivity index (χ4n) is 1.73. The van der Waals surface area contributed by atoms with Gasteiger partial charge in [0, 0.05) is 11.1 Å². The lowest BCUT2D eigenvalue weighted by atomic mass is 10.1. The zero-order chi connectivity index (χ0) is 14.7. The smallest absolute Gasteiger partial charge is 0.255 e. The Labute approximate surface area is 121 Å². The molecule has 2 rings (SSSR count). The largest absolute Gasteiger partial charge is 0.507 e. The Morgan fingerprint density at radius 2 is 2.25 bits per heavy atom. The molecule has 1 unspecified atom stereocenters. The number of aryl methyl sites for hydroxylation is 1. The number of benzene rings is 1. The molecule has 2 aromatic rings. The van der Waals surface area contributed by atoms with Gasteiger partial charge in [-0.15, -0.1) is 11.3 Å². The summed E-state index contributed by atoms with van der Waals surface area (Å²) in [6.07, 6.45) is 0. The highest BCUT2D eigenvalue weighted by Crippen LogP contribution is 2.24. The number of hydrogen-bond acceptors (Lipinski definition) is 5. The fourth-order valence-corrected chi connectivity index (χ4v) is 2.53. The van der Waals surface area contributed by atoms with Gasteiger partial charge in [-0.05, 0) is 32.0 Å². The van der Waals surface area contributed by atoms with E-state index in [1.165, 1.54) is 30.6 Å². The highest BCUT2D eigenvalue weighted by molar-refractivity contribution is 7.09. The Kier molecular flexibility index (Phi) is 4.24. The third-order valence-corrected chi connectivity index (χ3v) is 3.95. The molecule has 6 heteroatoms. The zero-order valence-electron chi connectivity index (χ0n) is 11.5. The van der Waals surface area contributed by atoms with Crippen LogP contribution in [0, 0.1) is 6.92 Å². The van der Waals surface area contributed by atoms with Crippen LogP contribution in [-0.4, -0.2) is 23.1 Å². The van der Waals surface area contributed by atoms with Gasteiger partial charge in [-0.3, -0.25) is 4.79 Å². The number of aromatic nitrogens is 1. The van der Waals surface area contributed by atoms with Crippen LogP contribution in [0.25, 0.3) is 0 Å². The maximum absolute atomic E-state index is 12.2. The van der Waals surface area contributed by atoms with Crippen molar-refractivity contribution in [3.63, 3.8) is 0 Å². The van der Waals surface area contributed by atoms with E-state index in [-0.39, 0.29) is 23.3 Å². The van der Waals surface area contributed by atoms with Crippen LogP contribution in [0.2, 0.25) is 0 Å². The van der Waals surface area contributed by atoms with Crippen molar-refractivity contribution in [1.82, 2.24) is 10.3 Å². The Balaban J connectivity index is 2.15. The number of phenolic OH excluding ortho intramolecular Hbond substituents is 1. The van der Waals surface area contributed by atoms with Gasteiger partial charge in [0.1, 0.15) is 16.5 Å². The van der Waals surface area contributed by atoms with Crippen molar-refractivity contribution in [1.29, 1.82) is 0 Å². The number of thiazole rings is 1. The van der Waals surface area contributed by atoms with Crippen LogP contribution < -0.4 is 10.1 Å². The van der Waals surface area contributed by atoms with Crippen LogP contribution >= 0.6 is 11.3 Å². The summed E-state index contributed by atoms with van der Waals surface area (Å²) in [5, 5.41) is 15.3. The Hall–Kier alpha value is -2.08. The monoisotopic (exact) mass is 292 g/mol. The minimum absolute atomic E-state index is 0.0779. The molecule has 0 aliphatic rings. The number of phenols is 1. The van der Waals surface area contributed by atoms with E-state index in [0.717, 1.165) is 10.7 Å². The number of rotatable bonds is 4. The third-order valence-electron chi connectivity index (χ3n) is 2.80.